The molecule has 0 radical (unpaired) electrons. The molecule has 3 aliphatic rings. The molecule has 182 valence electrons. The molecule has 1 aliphatic heterocycles. The van der Waals surface area contributed by atoms with Gasteiger partial charge in [-0.2, -0.15) is 0 Å². The number of benzene rings is 2. The molecule has 3 aromatic rings. The topological polar surface area (TPSA) is 96.4 Å². The zero-order valence-corrected chi connectivity index (χ0v) is 20.4. The predicted octanol–water partition coefficient (Wildman–Crippen LogP) is 4.65. The fourth-order valence-electron chi connectivity index (χ4n) is 6.09. The molecule has 1 saturated heterocycles. The summed E-state index contributed by atoms with van der Waals surface area (Å²) in [5.74, 6) is 1.21. The number of aromatic hydroxyl groups is 1. The molecule has 0 bridgehead atoms. The summed E-state index contributed by atoms with van der Waals surface area (Å²) in [5.41, 5.74) is 2.57. The van der Waals surface area contributed by atoms with E-state index in [1.54, 1.807) is 18.2 Å². The summed E-state index contributed by atoms with van der Waals surface area (Å²) in [4.78, 5) is 17.0. The van der Waals surface area contributed by atoms with Gasteiger partial charge in [-0.25, -0.2) is 8.42 Å². The molecule has 1 unspecified atom stereocenters. The van der Waals surface area contributed by atoms with E-state index in [9.17, 15) is 18.3 Å². The van der Waals surface area contributed by atoms with Gasteiger partial charge in [0.2, 0.25) is 0 Å². The van der Waals surface area contributed by atoms with Crippen LogP contribution >= 0.6 is 0 Å². The molecule has 6 rings (SSSR count). The highest BCUT2D eigenvalue weighted by molar-refractivity contribution is 7.92. The third kappa shape index (κ3) is 4.25. The maximum absolute atomic E-state index is 13.4. The fraction of sp³-hybridized carbons (Fsp3) is 0.429. The minimum atomic E-state index is -3.42. The number of rotatable bonds is 4. The number of fused-ring (bicyclic) bond motifs is 1. The maximum atomic E-state index is 13.4. The predicted molar refractivity (Wildman–Crippen MR) is 135 cm³/mol. The van der Waals surface area contributed by atoms with Crippen molar-refractivity contribution in [2.75, 3.05) is 6.54 Å². The summed E-state index contributed by atoms with van der Waals surface area (Å²) >= 11 is 0. The van der Waals surface area contributed by atoms with Crippen molar-refractivity contribution in [3.05, 3.63) is 54.7 Å². The van der Waals surface area contributed by atoms with Crippen molar-refractivity contribution in [2.24, 2.45) is 11.8 Å². The van der Waals surface area contributed by atoms with Crippen molar-refractivity contribution in [1.82, 2.24) is 10.3 Å². The fourth-order valence-corrected chi connectivity index (χ4v) is 7.85. The number of Topliss-reactive ketones (excluding diaryl/α,β-unsaturated/α-hetero) is 1. The zero-order valence-electron chi connectivity index (χ0n) is 19.6. The number of aromatic nitrogens is 1. The quantitative estimate of drug-likeness (QED) is 0.553. The van der Waals surface area contributed by atoms with Gasteiger partial charge < -0.3 is 10.4 Å². The number of sulfone groups is 1. The van der Waals surface area contributed by atoms with E-state index < -0.39 is 9.84 Å². The molecule has 2 N–H and O–H groups in total. The molecule has 1 spiro atoms. The average Bonchev–Trinajstić information content (AvgIpc) is 3.71. The van der Waals surface area contributed by atoms with Crippen molar-refractivity contribution < 1.29 is 18.3 Å². The van der Waals surface area contributed by atoms with Crippen molar-refractivity contribution in [1.29, 1.82) is 0 Å². The van der Waals surface area contributed by atoms with Crippen LogP contribution in [-0.4, -0.2) is 41.6 Å². The second kappa shape index (κ2) is 8.42. The Morgan fingerprint density at radius 2 is 1.66 bits per heavy atom. The van der Waals surface area contributed by atoms with Gasteiger partial charge in [0.15, 0.2) is 9.84 Å². The normalized spacial score (nSPS) is 27.4. The smallest absolute Gasteiger partial charge is 0.181 e. The Bertz CT molecular complexity index is 1390. The summed E-state index contributed by atoms with van der Waals surface area (Å²) in [6, 6.07) is 14.6. The maximum Gasteiger partial charge on any atom is 0.181 e. The van der Waals surface area contributed by atoms with E-state index in [1.165, 1.54) is 19.0 Å². The van der Waals surface area contributed by atoms with E-state index in [0.717, 1.165) is 41.3 Å². The number of carbonyl (C=O) groups excluding carboxylic acids is 1. The van der Waals surface area contributed by atoms with E-state index in [4.69, 9.17) is 0 Å². The third-order valence-electron chi connectivity index (χ3n) is 8.37. The number of nitrogens with one attached hydrogen (secondary N) is 1. The van der Waals surface area contributed by atoms with Crippen LogP contribution in [0.3, 0.4) is 0 Å². The van der Waals surface area contributed by atoms with Crippen LogP contribution in [0, 0.1) is 11.8 Å². The lowest BCUT2D eigenvalue weighted by atomic mass is 9.71. The molecule has 2 aromatic carbocycles. The molecule has 2 aliphatic carbocycles. The van der Waals surface area contributed by atoms with E-state index >= 15 is 0 Å². The Kier molecular flexibility index (Phi) is 5.45. The minimum absolute atomic E-state index is 0.0715. The van der Waals surface area contributed by atoms with Gasteiger partial charge >= 0.3 is 0 Å². The molecule has 1 atom stereocenters. The monoisotopic (exact) mass is 490 g/mol. The molecular weight excluding hydrogens is 460 g/mol. The van der Waals surface area contributed by atoms with Gasteiger partial charge in [0.25, 0.3) is 0 Å². The summed E-state index contributed by atoms with van der Waals surface area (Å²) in [7, 11) is -3.42. The summed E-state index contributed by atoms with van der Waals surface area (Å²) in [6.07, 6.45) is 7.51. The summed E-state index contributed by atoms with van der Waals surface area (Å²) in [6.45, 7) is 0.436. The van der Waals surface area contributed by atoms with Gasteiger partial charge in [-0.15, -0.1) is 0 Å². The largest absolute Gasteiger partial charge is 0.506 e. The molecule has 3 fully saturated rings. The Balaban J connectivity index is 1.16. The summed E-state index contributed by atoms with van der Waals surface area (Å²) < 4.78 is 26.9. The van der Waals surface area contributed by atoms with Crippen LogP contribution in [0.25, 0.3) is 22.0 Å². The van der Waals surface area contributed by atoms with Crippen LogP contribution in [0.1, 0.15) is 44.9 Å². The number of nitrogens with zero attached hydrogens (tertiary/aromatic N) is 1. The van der Waals surface area contributed by atoms with Gasteiger partial charge in [0, 0.05) is 16.8 Å². The van der Waals surface area contributed by atoms with E-state index in [-0.39, 0.29) is 22.5 Å². The molecule has 2 saturated carbocycles. The number of hydrogen-bond donors (Lipinski definition) is 2. The highest BCUT2D eigenvalue weighted by Gasteiger charge is 2.48. The number of carbonyl (C=O) groups is 1. The van der Waals surface area contributed by atoms with Crippen LogP contribution < -0.4 is 5.32 Å². The van der Waals surface area contributed by atoms with Crippen molar-refractivity contribution in [3.8, 4) is 16.9 Å². The Morgan fingerprint density at radius 1 is 0.943 bits per heavy atom. The Morgan fingerprint density at radius 3 is 2.37 bits per heavy atom. The highest BCUT2D eigenvalue weighted by Crippen LogP contribution is 2.46. The third-order valence-corrected chi connectivity index (χ3v) is 10.6. The number of hydrogen-bond acceptors (Lipinski definition) is 6. The molecule has 1 aromatic heterocycles. The lowest BCUT2D eigenvalue weighted by Gasteiger charge is -2.45. The molecule has 35 heavy (non-hydrogen) atoms. The SMILES string of the molecule is O=C1CNC2(CCC(S(=O)(=O)c3ccc(-c4ccc5cc(O)cnc5c4)cc3)CC2)CC1C1CC1. The van der Waals surface area contributed by atoms with Gasteiger partial charge in [-0.3, -0.25) is 9.78 Å². The van der Waals surface area contributed by atoms with Crippen molar-refractivity contribution in [2.45, 2.75) is 60.6 Å². The van der Waals surface area contributed by atoms with E-state index in [0.29, 0.717) is 36.0 Å². The first kappa shape index (κ1) is 22.7. The highest BCUT2D eigenvalue weighted by atomic mass is 32.2. The second-order valence-electron chi connectivity index (χ2n) is 10.6. The lowest BCUT2D eigenvalue weighted by Crippen LogP contribution is -2.57. The minimum Gasteiger partial charge on any atom is -0.506 e. The van der Waals surface area contributed by atoms with Crippen LogP contribution in [0.4, 0.5) is 0 Å². The molecule has 2 heterocycles. The molecule has 7 heteroatoms. The number of piperidine rings is 1. The summed E-state index contributed by atoms with van der Waals surface area (Å²) in [5, 5.41) is 13.6. The number of pyridine rings is 1. The van der Waals surface area contributed by atoms with Crippen LogP contribution in [0.15, 0.2) is 59.6 Å². The molecule has 6 nitrogen and oxygen atoms in total. The van der Waals surface area contributed by atoms with Crippen LogP contribution in [-0.2, 0) is 14.6 Å². The van der Waals surface area contributed by atoms with Gasteiger partial charge in [-0.05, 0) is 86.3 Å². The molecule has 0 amide bonds. The second-order valence-corrected chi connectivity index (χ2v) is 12.8. The lowest BCUT2D eigenvalue weighted by molar-refractivity contribution is -0.126. The first-order chi connectivity index (χ1) is 16.8. The molecular formula is C28H30N2O4S. The average molecular weight is 491 g/mol. The first-order valence-electron chi connectivity index (χ1n) is 12.5. The Labute approximate surface area is 205 Å². The Hall–Kier alpha value is -2.77. The van der Waals surface area contributed by atoms with Crippen LogP contribution in [0.5, 0.6) is 5.75 Å². The van der Waals surface area contributed by atoms with E-state index in [1.807, 2.05) is 30.3 Å². The van der Waals surface area contributed by atoms with Crippen molar-refractivity contribution >= 4 is 26.5 Å². The first-order valence-corrected chi connectivity index (χ1v) is 14.1. The number of ketones is 1. The van der Waals surface area contributed by atoms with Gasteiger partial charge in [0.05, 0.1) is 28.4 Å². The van der Waals surface area contributed by atoms with Crippen molar-refractivity contribution in [3.63, 3.8) is 0 Å². The van der Waals surface area contributed by atoms with E-state index in [2.05, 4.69) is 10.3 Å². The zero-order chi connectivity index (χ0) is 24.2. The standard InChI is InChI=1S/C28H30N2O4S/c31-22-13-21-4-3-20(14-26(21)29-16-22)18-5-7-23(8-6-18)35(33,34)24-9-11-28(12-10-24)15-25(19-1-2-19)27(32)17-30-28/h3-8,13-14,16,19,24-25,30-31H,1-2,9-12,15,17H2. The van der Waals surface area contributed by atoms with Gasteiger partial charge in [-0.1, -0.05) is 24.3 Å². The van der Waals surface area contributed by atoms with Gasteiger partial charge in [0.1, 0.15) is 11.5 Å². The van der Waals surface area contributed by atoms with Crippen LogP contribution in [0.2, 0.25) is 0 Å².